The normalized spacial score (nSPS) is 12.3. The molecular weight excluding hydrogens is 351 g/mol. The van der Waals surface area contributed by atoms with E-state index in [2.05, 4.69) is 30.5 Å². The molecule has 10 heteroatoms. The molecule has 2 rings (SSSR count). The summed E-state index contributed by atoms with van der Waals surface area (Å²) in [6, 6.07) is 7.08. The largest absolute Gasteiger partial charge is 0.411 e. The lowest BCUT2D eigenvalue weighted by Gasteiger charge is -2.11. The maximum absolute atomic E-state index is 12.0. The van der Waals surface area contributed by atoms with Gasteiger partial charge in [0, 0.05) is 20.5 Å². The van der Waals surface area contributed by atoms with Gasteiger partial charge in [0.05, 0.1) is 13.2 Å². The minimum Gasteiger partial charge on any atom is -0.367 e. The monoisotopic (exact) mass is 371 g/mol. The Kier molecular flexibility index (Phi) is 6.96. The second kappa shape index (κ2) is 9.18. The predicted molar refractivity (Wildman–Crippen MR) is 88.2 cm³/mol. The summed E-state index contributed by atoms with van der Waals surface area (Å²) in [5.41, 5.74) is 1.62. The number of hydrogen-bond donors (Lipinski definition) is 2. The van der Waals surface area contributed by atoms with Crippen molar-refractivity contribution in [1.29, 1.82) is 0 Å². The summed E-state index contributed by atoms with van der Waals surface area (Å²) in [5.74, 6) is 1.57. The summed E-state index contributed by atoms with van der Waals surface area (Å²) >= 11 is 0. The lowest BCUT2D eigenvalue weighted by atomic mass is 10.1. The molecule has 1 aromatic carbocycles. The Hall–Kier alpha value is -2.62. The van der Waals surface area contributed by atoms with Gasteiger partial charge in [-0.3, -0.25) is 4.99 Å². The maximum Gasteiger partial charge on any atom is 0.411 e. The molecule has 0 spiro atoms. The van der Waals surface area contributed by atoms with Crippen LogP contribution in [0.2, 0.25) is 0 Å². The zero-order valence-corrected chi connectivity index (χ0v) is 14.4. The number of aliphatic imine (C=N–C) groups is 1. The van der Waals surface area contributed by atoms with Gasteiger partial charge in [0.1, 0.15) is 6.61 Å². The van der Waals surface area contributed by atoms with Gasteiger partial charge in [-0.2, -0.15) is 18.2 Å². The van der Waals surface area contributed by atoms with Crippen molar-refractivity contribution in [3.8, 4) is 0 Å². The number of aromatic nitrogens is 2. The molecule has 0 unspecified atom stereocenters. The van der Waals surface area contributed by atoms with Crippen molar-refractivity contribution in [2.24, 2.45) is 4.99 Å². The van der Waals surface area contributed by atoms with E-state index in [-0.39, 0.29) is 6.61 Å². The standard InChI is InChI=1S/C16H20F3N5O2/c1-11-23-14(24-26-11)8-22-15(20-2)21-7-12-3-5-13(6-4-12)9-25-10-16(17,18)19/h3-6H,7-10H2,1-2H3,(H2,20,21,22). The fourth-order valence-corrected chi connectivity index (χ4v) is 2.02. The van der Waals surface area contributed by atoms with Gasteiger partial charge in [-0.05, 0) is 11.1 Å². The third-order valence-corrected chi connectivity index (χ3v) is 3.22. The molecule has 0 bridgehead atoms. The molecule has 0 amide bonds. The third-order valence-electron chi connectivity index (χ3n) is 3.22. The summed E-state index contributed by atoms with van der Waals surface area (Å²) in [5, 5.41) is 9.94. The second-order valence-corrected chi connectivity index (χ2v) is 5.43. The van der Waals surface area contributed by atoms with Crippen LogP contribution in [0, 0.1) is 6.92 Å². The fourth-order valence-electron chi connectivity index (χ4n) is 2.02. The van der Waals surface area contributed by atoms with Crippen LogP contribution in [-0.4, -0.2) is 35.9 Å². The van der Waals surface area contributed by atoms with E-state index < -0.39 is 12.8 Å². The molecule has 26 heavy (non-hydrogen) atoms. The molecule has 1 aromatic heterocycles. The molecule has 0 fully saturated rings. The topological polar surface area (TPSA) is 84.6 Å². The molecule has 0 radical (unpaired) electrons. The Morgan fingerprint density at radius 2 is 1.81 bits per heavy atom. The number of aryl methyl sites for hydroxylation is 1. The van der Waals surface area contributed by atoms with Crippen LogP contribution >= 0.6 is 0 Å². The minimum absolute atomic E-state index is 0.0828. The first-order valence-electron chi connectivity index (χ1n) is 7.82. The summed E-state index contributed by atoms with van der Waals surface area (Å²) in [6.07, 6.45) is -4.31. The first-order valence-corrected chi connectivity index (χ1v) is 7.82. The van der Waals surface area contributed by atoms with Crippen LogP contribution in [0.15, 0.2) is 33.8 Å². The fraction of sp³-hybridized carbons (Fsp3) is 0.438. The van der Waals surface area contributed by atoms with Crippen LogP contribution in [0.5, 0.6) is 0 Å². The molecular formula is C16H20F3N5O2. The molecule has 142 valence electrons. The third kappa shape index (κ3) is 7.09. The average Bonchev–Trinajstić information content (AvgIpc) is 3.00. The summed E-state index contributed by atoms with van der Waals surface area (Å²) < 4.78 is 45.6. The smallest absolute Gasteiger partial charge is 0.367 e. The number of nitrogens with zero attached hydrogens (tertiary/aromatic N) is 3. The molecule has 0 saturated carbocycles. The quantitative estimate of drug-likeness (QED) is 0.574. The van der Waals surface area contributed by atoms with Crippen LogP contribution in [0.4, 0.5) is 13.2 Å². The summed E-state index contributed by atoms with van der Waals surface area (Å²) in [6.45, 7) is 1.24. The molecule has 2 N–H and O–H groups in total. The zero-order chi connectivity index (χ0) is 19.0. The first kappa shape index (κ1) is 19.7. The highest BCUT2D eigenvalue weighted by molar-refractivity contribution is 5.79. The van der Waals surface area contributed by atoms with Gasteiger partial charge >= 0.3 is 6.18 Å². The van der Waals surface area contributed by atoms with Crippen LogP contribution in [-0.2, 0) is 24.4 Å². The number of alkyl halides is 3. The summed E-state index contributed by atoms with van der Waals surface area (Å²) in [4.78, 5) is 8.17. The lowest BCUT2D eigenvalue weighted by molar-refractivity contribution is -0.176. The SMILES string of the molecule is CN=C(NCc1ccc(COCC(F)(F)F)cc1)NCc1noc(C)n1. The number of guanidine groups is 1. The van der Waals surface area contributed by atoms with Crippen molar-refractivity contribution in [2.75, 3.05) is 13.7 Å². The molecule has 0 atom stereocenters. The first-order chi connectivity index (χ1) is 12.4. The van der Waals surface area contributed by atoms with E-state index in [1.54, 1.807) is 26.1 Å². The minimum atomic E-state index is -4.31. The van der Waals surface area contributed by atoms with Crippen LogP contribution in [0.25, 0.3) is 0 Å². The van der Waals surface area contributed by atoms with Gasteiger partial charge in [-0.15, -0.1) is 0 Å². The van der Waals surface area contributed by atoms with Crippen LogP contribution in [0.1, 0.15) is 22.8 Å². The van der Waals surface area contributed by atoms with Gasteiger partial charge in [0.2, 0.25) is 5.89 Å². The number of benzene rings is 1. The van der Waals surface area contributed by atoms with Crippen molar-refractivity contribution < 1.29 is 22.4 Å². The van der Waals surface area contributed by atoms with Gasteiger partial charge in [-0.25, -0.2) is 0 Å². The van der Waals surface area contributed by atoms with Crippen molar-refractivity contribution >= 4 is 5.96 Å². The molecule has 0 aliphatic rings. The Bertz CT molecular complexity index is 713. The molecule has 7 nitrogen and oxygen atoms in total. The highest BCUT2D eigenvalue weighted by Gasteiger charge is 2.27. The lowest BCUT2D eigenvalue weighted by Crippen LogP contribution is -2.36. The Morgan fingerprint density at radius 3 is 2.38 bits per heavy atom. The van der Waals surface area contributed by atoms with Crippen molar-refractivity contribution in [3.63, 3.8) is 0 Å². The maximum atomic E-state index is 12.0. The number of rotatable bonds is 7. The average molecular weight is 371 g/mol. The van der Waals surface area contributed by atoms with E-state index in [1.807, 2.05) is 12.1 Å². The van der Waals surface area contributed by atoms with Gasteiger partial charge < -0.3 is 19.9 Å². The van der Waals surface area contributed by atoms with Crippen LogP contribution in [0.3, 0.4) is 0 Å². The highest BCUT2D eigenvalue weighted by Crippen LogP contribution is 2.15. The van der Waals surface area contributed by atoms with E-state index >= 15 is 0 Å². The Balaban J connectivity index is 1.75. The van der Waals surface area contributed by atoms with Gasteiger partial charge in [-0.1, -0.05) is 29.4 Å². The highest BCUT2D eigenvalue weighted by atomic mass is 19.4. The van der Waals surface area contributed by atoms with Crippen LogP contribution < -0.4 is 10.6 Å². The molecule has 0 aliphatic carbocycles. The Labute approximate surface area is 148 Å². The van der Waals surface area contributed by atoms with E-state index in [9.17, 15) is 13.2 Å². The number of hydrogen-bond acceptors (Lipinski definition) is 5. The van der Waals surface area contributed by atoms with Crippen molar-refractivity contribution in [1.82, 2.24) is 20.8 Å². The number of ether oxygens (including phenoxy) is 1. The molecule has 2 aromatic rings. The van der Waals surface area contributed by atoms with Crippen molar-refractivity contribution in [2.45, 2.75) is 32.8 Å². The molecule has 1 heterocycles. The van der Waals surface area contributed by atoms with Crippen molar-refractivity contribution in [3.05, 3.63) is 47.1 Å². The summed E-state index contributed by atoms with van der Waals surface area (Å²) in [7, 11) is 1.64. The van der Waals surface area contributed by atoms with E-state index in [1.165, 1.54) is 0 Å². The number of halogens is 3. The zero-order valence-electron chi connectivity index (χ0n) is 14.4. The van der Waals surface area contributed by atoms with Gasteiger partial charge in [0.25, 0.3) is 0 Å². The van der Waals surface area contributed by atoms with E-state index in [0.29, 0.717) is 36.3 Å². The molecule has 0 saturated heterocycles. The molecule has 0 aliphatic heterocycles. The number of nitrogens with one attached hydrogen (secondary N) is 2. The second-order valence-electron chi connectivity index (χ2n) is 5.43. The van der Waals surface area contributed by atoms with E-state index in [4.69, 9.17) is 4.52 Å². The Morgan fingerprint density at radius 1 is 1.15 bits per heavy atom. The van der Waals surface area contributed by atoms with Gasteiger partial charge in [0.15, 0.2) is 11.8 Å². The van der Waals surface area contributed by atoms with E-state index in [0.717, 1.165) is 5.56 Å². The predicted octanol–water partition coefficient (Wildman–Crippen LogP) is 2.32.